The molecule has 0 saturated heterocycles. The lowest BCUT2D eigenvalue weighted by molar-refractivity contribution is -0.136. The van der Waals surface area contributed by atoms with Crippen LogP contribution >= 0.6 is 11.3 Å². The van der Waals surface area contributed by atoms with Crippen LogP contribution in [0.2, 0.25) is 0 Å². The Bertz CT molecular complexity index is 1290. The molecule has 3 aromatic carbocycles. The summed E-state index contributed by atoms with van der Waals surface area (Å²) >= 11 is 1.76. The first kappa shape index (κ1) is 23.8. The van der Waals surface area contributed by atoms with Gasteiger partial charge in [-0.1, -0.05) is 35.9 Å². The van der Waals surface area contributed by atoms with Crippen LogP contribution in [-0.4, -0.2) is 23.8 Å². The Morgan fingerprint density at radius 2 is 1.85 bits per heavy atom. The Labute approximate surface area is 204 Å². The number of hydrogen-bond donors (Lipinski definition) is 1. The molecule has 1 atom stereocenters. The maximum absolute atomic E-state index is 10.8. The molecule has 34 heavy (non-hydrogen) atoms. The Morgan fingerprint density at radius 3 is 2.65 bits per heavy atom. The summed E-state index contributed by atoms with van der Waals surface area (Å²) in [5, 5.41) is 12.4. The van der Waals surface area contributed by atoms with E-state index in [2.05, 4.69) is 61.7 Å². The highest BCUT2D eigenvalue weighted by Crippen LogP contribution is 2.39. The number of thiophene rings is 1. The first-order chi connectivity index (χ1) is 16.4. The zero-order valence-electron chi connectivity index (χ0n) is 19.8. The zero-order valence-corrected chi connectivity index (χ0v) is 20.7. The molecule has 0 unspecified atom stereocenters. The number of carbonyl (C=O) groups is 1. The Kier molecular flexibility index (Phi) is 7.53. The van der Waals surface area contributed by atoms with Crippen molar-refractivity contribution in [2.75, 3.05) is 6.61 Å². The number of aliphatic carboxylic acids is 1. The van der Waals surface area contributed by atoms with Crippen molar-refractivity contribution in [2.45, 2.75) is 46.1 Å². The van der Waals surface area contributed by atoms with Crippen molar-refractivity contribution in [3.63, 3.8) is 0 Å². The fourth-order valence-electron chi connectivity index (χ4n) is 4.04. The van der Waals surface area contributed by atoms with Gasteiger partial charge in [-0.15, -0.1) is 11.3 Å². The molecular weight excluding hydrogens is 444 g/mol. The van der Waals surface area contributed by atoms with Crippen LogP contribution < -0.4 is 9.47 Å². The summed E-state index contributed by atoms with van der Waals surface area (Å²) in [6.45, 7) is 6.70. The van der Waals surface area contributed by atoms with Crippen LogP contribution in [0.5, 0.6) is 11.5 Å². The summed E-state index contributed by atoms with van der Waals surface area (Å²) in [5.74, 6) is 0.905. The third-order valence-corrected chi connectivity index (χ3v) is 6.91. The van der Waals surface area contributed by atoms with Crippen molar-refractivity contribution in [3.8, 4) is 22.6 Å². The van der Waals surface area contributed by atoms with Crippen molar-refractivity contribution in [2.24, 2.45) is 0 Å². The van der Waals surface area contributed by atoms with E-state index in [1.165, 1.54) is 21.2 Å². The monoisotopic (exact) mass is 474 g/mol. The van der Waals surface area contributed by atoms with Crippen molar-refractivity contribution in [1.82, 2.24) is 0 Å². The molecule has 0 aliphatic carbocycles. The topological polar surface area (TPSA) is 55.8 Å². The van der Waals surface area contributed by atoms with Gasteiger partial charge in [0.1, 0.15) is 11.5 Å². The smallest absolute Gasteiger partial charge is 0.303 e. The molecule has 0 aliphatic heterocycles. The minimum atomic E-state index is -0.780. The minimum absolute atomic E-state index is 0.0118. The van der Waals surface area contributed by atoms with Gasteiger partial charge < -0.3 is 14.6 Å². The fraction of sp³-hybridized carbons (Fsp3) is 0.276. The number of hydrogen-bond acceptors (Lipinski definition) is 4. The Hall–Kier alpha value is -3.31. The van der Waals surface area contributed by atoms with Gasteiger partial charge >= 0.3 is 5.97 Å². The summed E-state index contributed by atoms with van der Waals surface area (Å²) < 4.78 is 13.6. The minimum Gasteiger partial charge on any atom is -0.493 e. The molecule has 4 nitrogen and oxygen atoms in total. The second-order valence-electron chi connectivity index (χ2n) is 8.69. The van der Waals surface area contributed by atoms with E-state index in [1.807, 2.05) is 25.1 Å². The Balaban J connectivity index is 1.39. The van der Waals surface area contributed by atoms with Gasteiger partial charge in [-0.2, -0.15) is 0 Å². The van der Waals surface area contributed by atoms with E-state index in [1.54, 1.807) is 11.3 Å². The summed E-state index contributed by atoms with van der Waals surface area (Å²) in [6, 6.07) is 20.7. The molecular formula is C29H30O4S. The average molecular weight is 475 g/mol. The molecule has 4 aromatic rings. The third kappa shape index (κ3) is 5.78. The number of fused-ring (bicyclic) bond motifs is 1. The largest absolute Gasteiger partial charge is 0.493 e. The lowest BCUT2D eigenvalue weighted by Crippen LogP contribution is -2.16. The first-order valence-corrected chi connectivity index (χ1v) is 12.5. The Morgan fingerprint density at radius 1 is 1.03 bits per heavy atom. The normalized spacial score (nSPS) is 12.0. The molecule has 0 saturated carbocycles. The number of benzene rings is 3. The third-order valence-electron chi connectivity index (χ3n) is 5.95. The summed E-state index contributed by atoms with van der Waals surface area (Å²) in [5.41, 5.74) is 5.63. The number of carboxylic acid groups (broad SMARTS) is 1. The van der Waals surface area contributed by atoms with Crippen molar-refractivity contribution in [1.29, 1.82) is 0 Å². The van der Waals surface area contributed by atoms with Crippen LogP contribution in [0.3, 0.4) is 0 Å². The molecule has 1 N–H and O–H groups in total. The standard InChI is InChI=1S/C29H30O4S/c1-19-8-12-27(25(16-19)26-18-34-28-7-5-4-6-24(26)28)33-21(3)14-15-32-23-11-9-22(20(2)17-23)10-13-29(30)31/h4-9,11-12,16-18,21H,10,13-15H2,1-3H3,(H,30,31)/t21-/m1/s1. The van der Waals surface area contributed by atoms with E-state index in [4.69, 9.17) is 14.6 Å². The fourth-order valence-corrected chi connectivity index (χ4v) is 5.00. The molecule has 1 aromatic heterocycles. The number of aryl methyl sites for hydroxylation is 3. The van der Waals surface area contributed by atoms with Gasteiger partial charge in [-0.3, -0.25) is 4.79 Å². The van der Waals surface area contributed by atoms with Gasteiger partial charge in [0.2, 0.25) is 0 Å². The van der Waals surface area contributed by atoms with Crippen molar-refractivity contribution < 1.29 is 19.4 Å². The van der Waals surface area contributed by atoms with E-state index in [-0.39, 0.29) is 12.5 Å². The highest BCUT2D eigenvalue weighted by atomic mass is 32.1. The van der Waals surface area contributed by atoms with E-state index in [9.17, 15) is 4.79 Å². The van der Waals surface area contributed by atoms with Gasteiger partial charge in [0.25, 0.3) is 0 Å². The molecule has 0 radical (unpaired) electrons. The van der Waals surface area contributed by atoms with Gasteiger partial charge in [-0.25, -0.2) is 0 Å². The molecule has 0 spiro atoms. The molecule has 1 heterocycles. The van der Waals surface area contributed by atoms with Crippen LogP contribution in [0.15, 0.2) is 66.0 Å². The SMILES string of the molecule is Cc1ccc(O[C@H](C)CCOc2ccc(CCC(=O)O)c(C)c2)c(-c2csc3ccccc23)c1. The average Bonchev–Trinajstić information content (AvgIpc) is 3.23. The molecule has 176 valence electrons. The second-order valence-corrected chi connectivity index (χ2v) is 9.60. The van der Waals surface area contributed by atoms with Gasteiger partial charge in [0, 0.05) is 34.1 Å². The van der Waals surface area contributed by atoms with Crippen LogP contribution in [-0.2, 0) is 11.2 Å². The number of carboxylic acids is 1. The van der Waals surface area contributed by atoms with Crippen LogP contribution in [0, 0.1) is 13.8 Å². The van der Waals surface area contributed by atoms with Gasteiger partial charge in [0.15, 0.2) is 0 Å². The highest BCUT2D eigenvalue weighted by molar-refractivity contribution is 7.17. The van der Waals surface area contributed by atoms with Gasteiger partial charge in [-0.05, 0) is 74.0 Å². The van der Waals surface area contributed by atoms with Crippen LogP contribution in [0.4, 0.5) is 0 Å². The molecule has 4 rings (SSSR count). The van der Waals surface area contributed by atoms with Gasteiger partial charge in [0.05, 0.1) is 12.7 Å². The summed E-state index contributed by atoms with van der Waals surface area (Å²) in [7, 11) is 0. The summed E-state index contributed by atoms with van der Waals surface area (Å²) in [6.07, 6.45) is 1.41. The molecule has 0 amide bonds. The van der Waals surface area contributed by atoms with Crippen molar-refractivity contribution in [3.05, 3.63) is 82.7 Å². The van der Waals surface area contributed by atoms with E-state index in [0.29, 0.717) is 13.0 Å². The van der Waals surface area contributed by atoms with E-state index < -0.39 is 5.97 Å². The molecule has 0 bridgehead atoms. The maximum Gasteiger partial charge on any atom is 0.303 e. The van der Waals surface area contributed by atoms with Crippen LogP contribution in [0.1, 0.15) is 36.5 Å². The maximum atomic E-state index is 10.8. The molecule has 5 heteroatoms. The van der Waals surface area contributed by atoms with E-state index >= 15 is 0 Å². The molecule has 0 fully saturated rings. The lowest BCUT2D eigenvalue weighted by atomic mass is 10.0. The zero-order chi connectivity index (χ0) is 24.1. The predicted molar refractivity (Wildman–Crippen MR) is 139 cm³/mol. The van der Waals surface area contributed by atoms with Crippen LogP contribution in [0.25, 0.3) is 21.2 Å². The number of rotatable bonds is 10. The predicted octanol–water partition coefficient (Wildman–Crippen LogP) is 7.44. The quantitative estimate of drug-likeness (QED) is 0.259. The highest BCUT2D eigenvalue weighted by Gasteiger charge is 2.14. The number of ether oxygens (including phenoxy) is 2. The van der Waals surface area contributed by atoms with Crippen molar-refractivity contribution >= 4 is 27.4 Å². The second kappa shape index (κ2) is 10.7. The lowest BCUT2D eigenvalue weighted by Gasteiger charge is -2.18. The summed E-state index contributed by atoms with van der Waals surface area (Å²) in [4.78, 5) is 10.8. The molecule has 0 aliphatic rings. The van der Waals surface area contributed by atoms with E-state index in [0.717, 1.165) is 34.6 Å². The first-order valence-electron chi connectivity index (χ1n) is 11.6.